The number of aryl methyl sites for hydroxylation is 1. The summed E-state index contributed by atoms with van der Waals surface area (Å²) in [5.74, 6) is 3.35. The first kappa shape index (κ1) is 8.83. The van der Waals surface area contributed by atoms with Crippen LogP contribution < -0.4 is 4.74 Å². The highest BCUT2D eigenvalue weighted by molar-refractivity contribution is 6.01. The first-order valence-corrected chi connectivity index (χ1v) is 4.47. The number of terminal acetylenes is 1. The Labute approximate surface area is 82.9 Å². The third-order valence-corrected chi connectivity index (χ3v) is 2.50. The van der Waals surface area contributed by atoms with E-state index in [2.05, 4.69) is 5.92 Å². The minimum atomic E-state index is 0.182. The van der Waals surface area contributed by atoms with Gasteiger partial charge in [-0.3, -0.25) is 4.79 Å². The lowest BCUT2D eigenvalue weighted by Crippen LogP contribution is -1.95. The van der Waals surface area contributed by atoms with E-state index < -0.39 is 0 Å². The van der Waals surface area contributed by atoms with Gasteiger partial charge in [0.2, 0.25) is 0 Å². The van der Waals surface area contributed by atoms with Gasteiger partial charge in [-0.1, -0.05) is 5.92 Å². The van der Waals surface area contributed by atoms with Crippen molar-refractivity contribution in [1.82, 2.24) is 0 Å². The Morgan fingerprint density at radius 2 is 2.21 bits per heavy atom. The predicted octanol–water partition coefficient (Wildman–Crippen LogP) is 1.81. The van der Waals surface area contributed by atoms with Gasteiger partial charge in [0.05, 0.1) is 12.7 Å². The average molecular weight is 186 g/mol. The van der Waals surface area contributed by atoms with Crippen LogP contribution in [0.4, 0.5) is 0 Å². The minimum absolute atomic E-state index is 0.182. The highest BCUT2D eigenvalue weighted by atomic mass is 16.5. The van der Waals surface area contributed by atoms with Crippen molar-refractivity contribution >= 4 is 5.78 Å². The predicted molar refractivity (Wildman–Crippen MR) is 53.6 cm³/mol. The van der Waals surface area contributed by atoms with Crippen molar-refractivity contribution in [3.8, 4) is 18.1 Å². The van der Waals surface area contributed by atoms with Crippen LogP contribution in [0.2, 0.25) is 0 Å². The van der Waals surface area contributed by atoms with Crippen molar-refractivity contribution < 1.29 is 9.53 Å². The van der Waals surface area contributed by atoms with Crippen LogP contribution in [-0.2, 0) is 6.42 Å². The maximum absolute atomic E-state index is 11.4. The number of hydrogen-bond acceptors (Lipinski definition) is 2. The van der Waals surface area contributed by atoms with Gasteiger partial charge in [-0.15, -0.1) is 6.42 Å². The van der Waals surface area contributed by atoms with E-state index in [0.717, 1.165) is 23.1 Å². The lowest BCUT2D eigenvalue weighted by molar-refractivity contribution is 0.0994. The molecule has 0 atom stereocenters. The summed E-state index contributed by atoms with van der Waals surface area (Å²) < 4.78 is 5.12. The molecule has 14 heavy (non-hydrogen) atoms. The second-order valence-corrected chi connectivity index (χ2v) is 3.28. The van der Waals surface area contributed by atoms with E-state index in [-0.39, 0.29) is 5.78 Å². The molecule has 1 aromatic rings. The van der Waals surface area contributed by atoms with Crippen molar-refractivity contribution in [2.75, 3.05) is 7.11 Å². The van der Waals surface area contributed by atoms with Gasteiger partial charge >= 0.3 is 0 Å². The molecule has 0 unspecified atom stereocenters. The Kier molecular flexibility index (Phi) is 2.01. The summed E-state index contributed by atoms with van der Waals surface area (Å²) in [5.41, 5.74) is 2.53. The summed E-state index contributed by atoms with van der Waals surface area (Å²) >= 11 is 0. The Morgan fingerprint density at radius 1 is 1.43 bits per heavy atom. The van der Waals surface area contributed by atoms with E-state index in [1.54, 1.807) is 13.2 Å². The molecule has 1 aliphatic carbocycles. The molecule has 0 saturated heterocycles. The van der Waals surface area contributed by atoms with Crippen LogP contribution >= 0.6 is 0 Å². The zero-order valence-corrected chi connectivity index (χ0v) is 7.96. The molecule has 0 saturated carbocycles. The minimum Gasteiger partial charge on any atom is -0.495 e. The Bertz CT molecular complexity index is 438. The number of rotatable bonds is 1. The highest BCUT2D eigenvalue weighted by Crippen LogP contribution is 2.29. The Balaban J connectivity index is 2.61. The average Bonchev–Trinajstić information content (AvgIpc) is 2.58. The van der Waals surface area contributed by atoms with Crippen LogP contribution in [0.25, 0.3) is 0 Å². The topological polar surface area (TPSA) is 26.3 Å². The van der Waals surface area contributed by atoms with E-state index >= 15 is 0 Å². The van der Waals surface area contributed by atoms with Crippen LogP contribution in [0.1, 0.15) is 27.9 Å². The van der Waals surface area contributed by atoms with Crippen LogP contribution in [0, 0.1) is 12.3 Å². The van der Waals surface area contributed by atoms with Crippen molar-refractivity contribution in [3.05, 3.63) is 28.8 Å². The summed E-state index contributed by atoms with van der Waals surface area (Å²) in [6, 6.07) is 3.62. The molecule has 0 bridgehead atoms. The molecule has 0 radical (unpaired) electrons. The zero-order chi connectivity index (χ0) is 10.1. The van der Waals surface area contributed by atoms with Gasteiger partial charge in [-0.2, -0.15) is 0 Å². The quantitative estimate of drug-likeness (QED) is 0.625. The molecule has 0 fully saturated rings. The summed E-state index contributed by atoms with van der Waals surface area (Å²) in [7, 11) is 1.56. The molecule has 0 heterocycles. The van der Waals surface area contributed by atoms with E-state index in [1.807, 2.05) is 6.07 Å². The first-order chi connectivity index (χ1) is 6.76. The third kappa shape index (κ3) is 1.18. The SMILES string of the molecule is C#Cc1cc2c(cc1OC)C(=O)CC2. The van der Waals surface area contributed by atoms with Crippen LogP contribution in [0.15, 0.2) is 12.1 Å². The molecule has 0 amide bonds. The maximum Gasteiger partial charge on any atom is 0.163 e. The van der Waals surface area contributed by atoms with E-state index in [4.69, 9.17) is 11.2 Å². The molecule has 1 aliphatic rings. The Hall–Kier alpha value is -1.75. The summed E-state index contributed by atoms with van der Waals surface area (Å²) in [5, 5.41) is 0. The van der Waals surface area contributed by atoms with Gasteiger partial charge in [-0.05, 0) is 24.1 Å². The molecule has 0 aromatic heterocycles. The van der Waals surface area contributed by atoms with Gasteiger partial charge in [0.1, 0.15) is 5.75 Å². The summed E-state index contributed by atoms with van der Waals surface area (Å²) in [4.78, 5) is 11.4. The van der Waals surface area contributed by atoms with E-state index in [1.165, 1.54) is 0 Å². The second kappa shape index (κ2) is 3.19. The monoisotopic (exact) mass is 186 g/mol. The Morgan fingerprint density at radius 3 is 2.86 bits per heavy atom. The molecule has 2 rings (SSSR count). The van der Waals surface area contributed by atoms with Crippen molar-refractivity contribution in [1.29, 1.82) is 0 Å². The van der Waals surface area contributed by atoms with Crippen LogP contribution in [-0.4, -0.2) is 12.9 Å². The molecule has 2 nitrogen and oxygen atoms in total. The van der Waals surface area contributed by atoms with Crippen LogP contribution in [0.3, 0.4) is 0 Å². The fourth-order valence-electron chi connectivity index (χ4n) is 1.76. The number of ether oxygens (including phenoxy) is 1. The third-order valence-electron chi connectivity index (χ3n) is 2.50. The lowest BCUT2D eigenvalue weighted by Gasteiger charge is -2.05. The van der Waals surface area contributed by atoms with Gasteiger partial charge in [0.15, 0.2) is 5.78 Å². The number of fused-ring (bicyclic) bond motifs is 1. The smallest absolute Gasteiger partial charge is 0.163 e. The number of methoxy groups -OCH3 is 1. The van der Waals surface area contributed by atoms with Gasteiger partial charge in [0, 0.05) is 12.0 Å². The van der Waals surface area contributed by atoms with Gasteiger partial charge in [0.25, 0.3) is 0 Å². The van der Waals surface area contributed by atoms with Crippen molar-refractivity contribution in [2.45, 2.75) is 12.8 Å². The fourth-order valence-corrected chi connectivity index (χ4v) is 1.76. The van der Waals surface area contributed by atoms with Gasteiger partial charge < -0.3 is 4.74 Å². The molecule has 0 spiro atoms. The number of carbonyl (C=O) groups excluding carboxylic acids is 1. The number of carbonyl (C=O) groups is 1. The molecule has 0 aliphatic heterocycles. The fraction of sp³-hybridized carbons (Fsp3) is 0.250. The molecular weight excluding hydrogens is 176 g/mol. The number of ketones is 1. The summed E-state index contributed by atoms with van der Waals surface area (Å²) in [6.45, 7) is 0. The standard InChI is InChI=1S/C12H10O2/c1-3-8-6-9-4-5-11(13)10(9)7-12(8)14-2/h1,6-7H,4-5H2,2H3. The molecule has 2 heteroatoms. The van der Waals surface area contributed by atoms with E-state index in [9.17, 15) is 4.79 Å². The van der Waals surface area contributed by atoms with E-state index in [0.29, 0.717) is 12.2 Å². The first-order valence-electron chi connectivity index (χ1n) is 4.47. The van der Waals surface area contributed by atoms with Crippen LogP contribution in [0.5, 0.6) is 5.75 Å². The number of hydrogen-bond donors (Lipinski definition) is 0. The van der Waals surface area contributed by atoms with Crippen molar-refractivity contribution in [3.63, 3.8) is 0 Å². The number of benzene rings is 1. The molecule has 70 valence electrons. The normalized spacial score (nSPS) is 13.6. The zero-order valence-electron chi connectivity index (χ0n) is 7.96. The largest absolute Gasteiger partial charge is 0.495 e. The molecule has 1 aromatic carbocycles. The van der Waals surface area contributed by atoms with Crippen molar-refractivity contribution in [2.24, 2.45) is 0 Å². The lowest BCUT2D eigenvalue weighted by atomic mass is 10.1. The number of Topliss-reactive ketones (excluding diaryl/α,β-unsaturated/α-hetero) is 1. The highest BCUT2D eigenvalue weighted by Gasteiger charge is 2.21. The van der Waals surface area contributed by atoms with Gasteiger partial charge in [-0.25, -0.2) is 0 Å². The summed E-state index contributed by atoms with van der Waals surface area (Å²) in [6.07, 6.45) is 6.73. The molecular formula is C12H10O2. The molecule has 0 N–H and O–H groups in total. The second-order valence-electron chi connectivity index (χ2n) is 3.28. The maximum atomic E-state index is 11.4.